The second kappa shape index (κ2) is 9.53. The van der Waals surface area contributed by atoms with Crippen LogP contribution in [0.3, 0.4) is 0 Å². The minimum Gasteiger partial charge on any atom is -0.342 e. The number of hydrogen-bond donors (Lipinski definition) is 4. The quantitative estimate of drug-likeness (QED) is 0.372. The fourth-order valence-corrected chi connectivity index (χ4v) is 3.08. The molecule has 0 unspecified atom stereocenters. The molecule has 0 aliphatic rings. The van der Waals surface area contributed by atoms with E-state index in [1.54, 1.807) is 36.7 Å². The highest BCUT2D eigenvalue weighted by Gasteiger charge is 2.06. The lowest BCUT2D eigenvalue weighted by Crippen LogP contribution is -2.36. The van der Waals surface area contributed by atoms with Crippen LogP contribution in [0.1, 0.15) is 21.7 Å². The molecule has 156 valence electrons. The summed E-state index contributed by atoms with van der Waals surface area (Å²) in [5.74, 6) is 0.642. The van der Waals surface area contributed by atoms with Crippen LogP contribution in [0.15, 0.2) is 73.1 Å². The Bertz CT molecular complexity index is 1140. The molecular formula is C23H22N6O2. The highest BCUT2D eigenvalue weighted by molar-refractivity contribution is 6.04. The van der Waals surface area contributed by atoms with Crippen molar-refractivity contribution in [2.75, 3.05) is 11.9 Å². The van der Waals surface area contributed by atoms with Gasteiger partial charge in [0.25, 0.3) is 5.91 Å². The molecule has 0 atom stereocenters. The molecule has 2 heterocycles. The predicted octanol–water partition coefficient (Wildman–Crippen LogP) is 3.25. The number of rotatable bonds is 7. The molecular weight excluding hydrogens is 392 g/mol. The van der Waals surface area contributed by atoms with Crippen LogP contribution in [-0.2, 0) is 13.0 Å². The van der Waals surface area contributed by atoms with Crippen molar-refractivity contribution in [1.82, 2.24) is 25.6 Å². The number of H-pyrrole nitrogens is 1. The van der Waals surface area contributed by atoms with E-state index in [0.717, 1.165) is 22.4 Å². The van der Waals surface area contributed by atoms with E-state index in [0.29, 0.717) is 30.8 Å². The molecule has 4 rings (SSSR count). The number of urea groups is 1. The van der Waals surface area contributed by atoms with Gasteiger partial charge in [0.2, 0.25) is 0 Å². The topological polar surface area (TPSA) is 112 Å². The first-order valence-electron chi connectivity index (χ1n) is 9.93. The lowest BCUT2D eigenvalue weighted by atomic mass is 10.2. The lowest BCUT2D eigenvalue weighted by molar-refractivity contribution is 0.102. The summed E-state index contributed by atoms with van der Waals surface area (Å²) in [6.07, 6.45) is 3.77. The molecule has 4 N–H and O–H groups in total. The van der Waals surface area contributed by atoms with Gasteiger partial charge in [-0.1, -0.05) is 24.3 Å². The number of para-hydroxylation sites is 2. The normalized spacial score (nSPS) is 10.6. The molecule has 2 aromatic heterocycles. The molecule has 0 fully saturated rings. The summed E-state index contributed by atoms with van der Waals surface area (Å²) in [6.45, 7) is 0.862. The van der Waals surface area contributed by atoms with Gasteiger partial charge in [0.1, 0.15) is 5.82 Å². The second-order valence-corrected chi connectivity index (χ2v) is 6.95. The maximum absolute atomic E-state index is 12.2. The summed E-state index contributed by atoms with van der Waals surface area (Å²) in [7, 11) is 0. The first-order chi connectivity index (χ1) is 15.2. The smallest absolute Gasteiger partial charge is 0.315 e. The van der Waals surface area contributed by atoms with Crippen LogP contribution in [-0.4, -0.2) is 33.4 Å². The Kier molecular flexibility index (Phi) is 6.18. The Morgan fingerprint density at radius 3 is 2.45 bits per heavy atom. The fraction of sp³-hybridized carbons (Fsp3) is 0.130. The molecule has 0 radical (unpaired) electrons. The van der Waals surface area contributed by atoms with Gasteiger partial charge in [-0.3, -0.25) is 9.78 Å². The SMILES string of the molecule is O=C(NCCc1nc2ccccc2[nH]1)NCc1ccc(NC(=O)c2ccncc2)cc1. The average molecular weight is 414 g/mol. The molecule has 8 heteroatoms. The first-order valence-corrected chi connectivity index (χ1v) is 9.93. The maximum Gasteiger partial charge on any atom is 0.315 e. The lowest BCUT2D eigenvalue weighted by Gasteiger charge is -2.09. The van der Waals surface area contributed by atoms with Gasteiger partial charge in [-0.15, -0.1) is 0 Å². The van der Waals surface area contributed by atoms with Crippen molar-refractivity contribution in [3.05, 3.63) is 90.0 Å². The van der Waals surface area contributed by atoms with Gasteiger partial charge in [0.05, 0.1) is 11.0 Å². The molecule has 0 saturated heterocycles. The third-order valence-corrected chi connectivity index (χ3v) is 4.69. The number of fused-ring (bicyclic) bond motifs is 1. The Balaban J connectivity index is 1.20. The summed E-state index contributed by atoms with van der Waals surface area (Å²) in [6, 6.07) is 18.2. The summed E-state index contributed by atoms with van der Waals surface area (Å²) in [4.78, 5) is 35.8. The number of imidazole rings is 1. The molecule has 3 amide bonds. The van der Waals surface area contributed by atoms with E-state index in [1.807, 2.05) is 36.4 Å². The largest absolute Gasteiger partial charge is 0.342 e. The van der Waals surface area contributed by atoms with E-state index in [-0.39, 0.29) is 11.9 Å². The number of hydrogen-bond acceptors (Lipinski definition) is 4. The number of amides is 3. The molecule has 0 bridgehead atoms. The molecule has 8 nitrogen and oxygen atoms in total. The molecule has 0 aliphatic carbocycles. The standard InChI is InChI=1S/C23H22N6O2/c30-22(17-9-12-24-13-10-17)27-18-7-5-16(6-8-18)15-26-23(31)25-14-11-21-28-19-3-1-2-4-20(19)29-21/h1-10,12-13H,11,14-15H2,(H,27,30)(H,28,29)(H2,25,26,31). The van der Waals surface area contributed by atoms with E-state index < -0.39 is 0 Å². The summed E-state index contributed by atoms with van der Waals surface area (Å²) in [5.41, 5.74) is 4.06. The number of aromatic amines is 1. The van der Waals surface area contributed by atoms with Crippen LogP contribution in [0.25, 0.3) is 11.0 Å². The van der Waals surface area contributed by atoms with Crippen LogP contribution in [0.4, 0.5) is 10.5 Å². The van der Waals surface area contributed by atoms with Gasteiger partial charge in [-0.25, -0.2) is 9.78 Å². The van der Waals surface area contributed by atoms with Crippen molar-refractivity contribution >= 4 is 28.7 Å². The number of carbonyl (C=O) groups excluding carboxylic acids is 2. The first kappa shape index (κ1) is 20.1. The van der Waals surface area contributed by atoms with E-state index in [4.69, 9.17) is 0 Å². The Hall–Kier alpha value is -4.20. The highest BCUT2D eigenvalue weighted by atomic mass is 16.2. The van der Waals surface area contributed by atoms with Crippen LogP contribution in [0.2, 0.25) is 0 Å². The number of anilines is 1. The monoisotopic (exact) mass is 414 g/mol. The van der Waals surface area contributed by atoms with E-state index >= 15 is 0 Å². The zero-order chi connectivity index (χ0) is 21.5. The number of nitrogens with one attached hydrogen (secondary N) is 4. The van der Waals surface area contributed by atoms with Gasteiger partial charge in [-0.05, 0) is 42.0 Å². The number of benzene rings is 2. The minimum absolute atomic E-state index is 0.197. The summed E-state index contributed by atoms with van der Waals surface area (Å²) >= 11 is 0. The zero-order valence-electron chi connectivity index (χ0n) is 16.8. The maximum atomic E-state index is 12.2. The van der Waals surface area contributed by atoms with Crippen molar-refractivity contribution in [3.8, 4) is 0 Å². The Morgan fingerprint density at radius 2 is 1.68 bits per heavy atom. The van der Waals surface area contributed by atoms with Crippen molar-refractivity contribution in [2.45, 2.75) is 13.0 Å². The molecule has 2 aromatic carbocycles. The molecule has 0 aliphatic heterocycles. The van der Waals surface area contributed by atoms with E-state index in [1.165, 1.54) is 0 Å². The van der Waals surface area contributed by atoms with Crippen molar-refractivity contribution in [3.63, 3.8) is 0 Å². The molecule has 0 saturated carbocycles. The van der Waals surface area contributed by atoms with Crippen molar-refractivity contribution in [1.29, 1.82) is 0 Å². The number of carbonyl (C=O) groups is 2. The number of aromatic nitrogens is 3. The Labute approximate surface area is 179 Å². The van der Waals surface area contributed by atoms with Gasteiger partial charge in [0, 0.05) is 43.2 Å². The Morgan fingerprint density at radius 1 is 0.903 bits per heavy atom. The molecule has 31 heavy (non-hydrogen) atoms. The van der Waals surface area contributed by atoms with Gasteiger partial charge >= 0.3 is 6.03 Å². The summed E-state index contributed by atoms with van der Waals surface area (Å²) < 4.78 is 0. The number of nitrogens with zero attached hydrogens (tertiary/aromatic N) is 2. The minimum atomic E-state index is -0.244. The molecule has 0 spiro atoms. The third-order valence-electron chi connectivity index (χ3n) is 4.69. The second-order valence-electron chi connectivity index (χ2n) is 6.95. The van der Waals surface area contributed by atoms with Gasteiger partial charge in [-0.2, -0.15) is 0 Å². The van der Waals surface area contributed by atoms with Crippen LogP contribution in [0.5, 0.6) is 0 Å². The molecule has 4 aromatic rings. The number of pyridine rings is 1. The zero-order valence-corrected chi connectivity index (χ0v) is 16.8. The van der Waals surface area contributed by atoms with Crippen LogP contribution in [0, 0.1) is 0 Å². The van der Waals surface area contributed by atoms with Crippen molar-refractivity contribution < 1.29 is 9.59 Å². The van der Waals surface area contributed by atoms with E-state index in [2.05, 4.69) is 30.9 Å². The van der Waals surface area contributed by atoms with Gasteiger partial charge in [0.15, 0.2) is 0 Å². The van der Waals surface area contributed by atoms with E-state index in [9.17, 15) is 9.59 Å². The highest BCUT2D eigenvalue weighted by Crippen LogP contribution is 2.12. The van der Waals surface area contributed by atoms with Gasteiger partial charge < -0.3 is 20.9 Å². The third kappa shape index (κ3) is 5.45. The van der Waals surface area contributed by atoms with Crippen LogP contribution < -0.4 is 16.0 Å². The predicted molar refractivity (Wildman–Crippen MR) is 119 cm³/mol. The fourth-order valence-electron chi connectivity index (χ4n) is 3.08. The van der Waals surface area contributed by atoms with Crippen LogP contribution >= 0.6 is 0 Å². The average Bonchev–Trinajstić information content (AvgIpc) is 3.22. The summed E-state index contributed by atoms with van der Waals surface area (Å²) in [5, 5.41) is 8.48. The van der Waals surface area contributed by atoms with Crippen molar-refractivity contribution in [2.24, 2.45) is 0 Å².